The van der Waals surface area contributed by atoms with E-state index in [1.54, 1.807) is 6.20 Å². The van der Waals surface area contributed by atoms with Crippen molar-refractivity contribution in [2.24, 2.45) is 5.92 Å². The number of aryl methyl sites for hydroxylation is 2. The zero-order valence-electron chi connectivity index (χ0n) is 13.0. The lowest BCUT2D eigenvalue weighted by molar-refractivity contribution is -0.141. The first-order valence-electron chi connectivity index (χ1n) is 7.49. The van der Waals surface area contributed by atoms with Crippen molar-refractivity contribution < 1.29 is 9.90 Å². The Morgan fingerprint density at radius 3 is 2.83 bits per heavy atom. The van der Waals surface area contributed by atoms with Gasteiger partial charge in [-0.2, -0.15) is 0 Å². The number of hydrogen-bond donors (Lipinski definition) is 1. The lowest BCUT2D eigenvalue weighted by Crippen LogP contribution is -2.24. The molecule has 1 aromatic carbocycles. The van der Waals surface area contributed by atoms with Gasteiger partial charge < -0.3 is 10.0 Å². The van der Waals surface area contributed by atoms with Crippen LogP contribution in [0.25, 0.3) is 0 Å². The van der Waals surface area contributed by atoms with Gasteiger partial charge in [0.15, 0.2) is 0 Å². The molecule has 0 radical (unpaired) electrons. The summed E-state index contributed by atoms with van der Waals surface area (Å²) in [6.07, 6.45) is 1.73. The van der Waals surface area contributed by atoms with Gasteiger partial charge in [-0.3, -0.25) is 9.78 Å². The van der Waals surface area contributed by atoms with Crippen molar-refractivity contribution >= 4 is 27.7 Å². The van der Waals surface area contributed by atoms with Gasteiger partial charge in [-0.15, -0.1) is 0 Å². The molecule has 2 aromatic rings. The van der Waals surface area contributed by atoms with Gasteiger partial charge in [0.25, 0.3) is 0 Å². The summed E-state index contributed by atoms with van der Waals surface area (Å²) in [5, 5.41) is 9.63. The number of aromatic nitrogens is 2. The molecule has 0 spiro atoms. The molecule has 3 rings (SSSR count). The van der Waals surface area contributed by atoms with E-state index < -0.39 is 11.9 Å². The highest BCUT2D eigenvalue weighted by Crippen LogP contribution is 2.36. The monoisotopic (exact) mass is 375 g/mol. The van der Waals surface area contributed by atoms with Crippen LogP contribution in [0.3, 0.4) is 0 Å². The third kappa shape index (κ3) is 3.22. The second-order valence-corrected chi connectivity index (χ2v) is 6.85. The Bertz CT molecular complexity index is 750. The average molecular weight is 376 g/mol. The molecule has 1 N–H and O–H groups in total. The predicted octanol–water partition coefficient (Wildman–Crippen LogP) is 3.16. The average Bonchev–Trinajstić information content (AvgIpc) is 2.95. The quantitative estimate of drug-likeness (QED) is 0.892. The van der Waals surface area contributed by atoms with Crippen molar-refractivity contribution in [1.82, 2.24) is 9.97 Å². The van der Waals surface area contributed by atoms with Crippen LogP contribution in [-0.4, -0.2) is 34.1 Å². The fourth-order valence-corrected chi connectivity index (χ4v) is 3.54. The normalized spacial score (nSPS) is 20.7. The Kier molecular flexibility index (Phi) is 4.35. The maximum Gasteiger partial charge on any atom is 0.308 e. The summed E-state index contributed by atoms with van der Waals surface area (Å²) in [6, 6.07) is 7.88. The smallest absolute Gasteiger partial charge is 0.308 e. The SMILES string of the molecule is Cc1cnc(C)c(N2C[C@H](C(=O)O)[C@@H](c3cccc(Br)c3)C2)n1. The van der Waals surface area contributed by atoms with Crippen LogP contribution in [0, 0.1) is 19.8 Å². The summed E-state index contributed by atoms with van der Waals surface area (Å²) in [4.78, 5) is 22.7. The summed E-state index contributed by atoms with van der Waals surface area (Å²) in [6.45, 7) is 4.88. The molecule has 0 aliphatic carbocycles. The standard InChI is InChI=1S/C17H18BrN3O2/c1-10-7-19-11(2)16(20-10)21-8-14(15(9-21)17(22)23)12-4-3-5-13(18)6-12/h3-7,14-15H,8-9H2,1-2H3,(H,22,23)/t14-,15+/m1/s1. The maximum atomic E-state index is 11.7. The molecular weight excluding hydrogens is 358 g/mol. The summed E-state index contributed by atoms with van der Waals surface area (Å²) in [5.41, 5.74) is 2.70. The van der Waals surface area contributed by atoms with Gasteiger partial charge >= 0.3 is 5.97 Å². The summed E-state index contributed by atoms with van der Waals surface area (Å²) in [5.74, 6) is -0.498. The summed E-state index contributed by atoms with van der Waals surface area (Å²) >= 11 is 3.46. The number of carbonyl (C=O) groups is 1. The Hall–Kier alpha value is -1.95. The first kappa shape index (κ1) is 15.9. The van der Waals surface area contributed by atoms with Gasteiger partial charge in [-0.05, 0) is 31.5 Å². The van der Waals surface area contributed by atoms with E-state index in [2.05, 4.69) is 25.9 Å². The van der Waals surface area contributed by atoms with Crippen molar-refractivity contribution in [1.29, 1.82) is 0 Å². The number of hydrogen-bond acceptors (Lipinski definition) is 4. The van der Waals surface area contributed by atoms with Crippen LogP contribution >= 0.6 is 15.9 Å². The number of carboxylic acid groups (broad SMARTS) is 1. The zero-order valence-corrected chi connectivity index (χ0v) is 14.6. The molecule has 1 aromatic heterocycles. The van der Waals surface area contributed by atoms with Gasteiger partial charge in [0, 0.05) is 29.7 Å². The highest BCUT2D eigenvalue weighted by molar-refractivity contribution is 9.10. The van der Waals surface area contributed by atoms with E-state index in [0.29, 0.717) is 13.1 Å². The number of anilines is 1. The lowest BCUT2D eigenvalue weighted by atomic mass is 9.89. The zero-order chi connectivity index (χ0) is 16.6. The minimum atomic E-state index is -0.768. The fourth-order valence-electron chi connectivity index (χ4n) is 3.13. The van der Waals surface area contributed by atoms with Gasteiger partial charge in [-0.25, -0.2) is 4.98 Å². The molecular formula is C17H18BrN3O2. The molecule has 120 valence electrons. The van der Waals surface area contributed by atoms with Gasteiger partial charge in [0.2, 0.25) is 0 Å². The summed E-state index contributed by atoms with van der Waals surface area (Å²) < 4.78 is 0.962. The number of nitrogens with zero attached hydrogens (tertiary/aromatic N) is 3. The molecule has 2 atom stereocenters. The van der Waals surface area contributed by atoms with Crippen LogP contribution in [0.5, 0.6) is 0 Å². The minimum Gasteiger partial charge on any atom is -0.481 e. The van der Waals surface area contributed by atoms with Crippen molar-refractivity contribution in [3.8, 4) is 0 Å². The van der Waals surface area contributed by atoms with Crippen LogP contribution in [-0.2, 0) is 4.79 Å². The van der Waals surface area contributed by atoms with Gasteiger partial charge in [0.1, 0.15) is 5.82 Å². The second-order valence-electron chi connectivity index (χ2n) is 5.93. The van der Waals surface area contributed by atoms with Crippen LogP contribution in [0.15, 0.2) is 34.9 Å². The fraction of sp³-hybridized carbons (Fsp3) is 0.353. The Morgan fingerprint density at radius 2 is 2.13 bits per heavy atom. The summed E-state index contributed by atoms with van der Waals surface area (Å²) in [7, 11) is 0. The Labute approximate surface area is 143 Å². The number of aliphatic carboxylic acids is 1. The number of halogens is 1. The predicted molar refractivity (Wildman–Crippen MR) is 91.7 cm³/mol. The van der Waals surface area contributed by atoms with Crippen molar-refractivity contribution in [2.45, 2.75) is 19.8 Å². The molecule has 0 bridgehead atoms. The minimum absolute atomic E-state index is 0.0632. The van der Waals surface area contributed by atoms with Gasteiger partial charge in [-0.1, -0.05) is 28.1 Å². The molecule has 6 heteroatoms. The molecule has 2 heterocycles. The first-order chi connectivity index (χ1) is 11.0. The third-order valence-corrected chi connectivity index (χ3v) is 4.76. The third-order valence-electron chi connectivity index (χ3n) is 4.26. The molecule has 23 heavy (non-hydrogen) atoms. The van der Waals surface area contributed by atoms with E-state index >= 15 is 0 Å². The molecule has 5 nitrogen and oxygen atoms in total. The Morgan fingerprint density at radius 1 is 1.35 bits per heavy atom. The number of carboxylic acids is 1. The van der Waals surface area contributed by atoms with Crippen LogP contribution < -0.4 is 4.90 Å². The lowest BCUT2D eigenvalue weighted by Gasteiger charge is -2.19. The highest BCUT2D eigenvalue weighted by Gasteiger charge is 2.39. The molecule has 1 saturated heterocycles. The maximum absolute atomic E-state index is 11.7. The Balaban J connectivity index is 1.95. The number of rotatable bonds is 3. The first-order valence-corrected chi connectivity index (χ1v) is 8.28. The molecule has 1 aliphatic rings. The number of benzene rings is 1. The van der Waals surface area contributed by atoms with E-state index in [0.717, 1.165) is 27.2 Å². The topological polar surface area (TPSA) is 66.3 Å². The van der Waals surface area contributed by atoms with Crippen LogP contribution in [0.4, 0.5) is 5.82 Å². The van der Waals surface area contributed by atoms with Crippen molar-refractivity contribution in [3.63, 3.8) is 0 Å². The van der Waals surface area contributed by atoms with Crippen molar-refractivity contribution in [3.05, 3.63) is 51.9 Å². The molecule has 0 unspecified atom stereocenters. The highest BCUT2D eigenvalue weighted by atomic mass is 79.9. The van der Waals surface area contributed by atoms with Crippen molar-refractivity contribution in [2.75, 3.05) is 18.0 Å². The van der Waals surface area contributed by atoms with Gasteiger partial charge in [0.05, 0.1) is 17.3 Å². The largest absolute Gasteiger partial charge is 0.481 e. The van der Waals surface area contributed by atoms with E-state index in [-0.39, 0.29) is 5.92 Å². The van der Waals surface area contributed by atoms with E-state index in [4.69, 9.17) is 0 Å². The molecule has 0 saturated carbocycles. The van der Waals surface area contributed by atoms with E-state index in [9.17, 15) is 9.90 Å². The second kappa shape index (κ2) is 6.28. The van der Waals surface area contributed by atoms with Crippen LogP contribution in [0.1, 0.15) is 22.9 Å². The molecule has 1 fully saturated rings. The molecule has 1 aliphatic heterocycles. The van der Waals surface area contributed by atoms with Crippen LogP contribution in [0.2, 0.25) is 0 Å². The van der Waals surface area contributed by atoms with E-state index in [1.165, 1.54) is 0 Å². The van der Waals surface area contributed by atoms with E-state index in [1.807, 2.05) is 43.0 Å². The molecule has 0 amide bonds.